The summed E-state index contributed by atoms with van der Waals surface area (Å²) in [5.41, 5.74) is 1.22. The fourth-order valence-electron chi connectivity index (χ4n) is 5.01. The highest BCUT2D eigenvalue weighted by Crippen LogP contribution is 2.24. The molecule has 1 saturated heterocycles. The van der Waals surface area contributed by atoms with Gasteiger partial charge in [0.25, 0.3) is 5.56 Å². The molecular formula is C35H39FN6O4. The van der Waals surface area contributed by atoms with E-state index in [9.17, 15) is 19.2 Å². The SMILES string of the molecule is C=N/C(=N\C=C(/C)OCC1CCN(C(=O)OC(C)(C)C)CC1)c1cccc([C@@H](C)n2cc(-c3cc(C#N)ccn3)cc(F)c2=O)c1. The zero-order chi connectivity index (χ0) is 33.4. The molecule has 240 valence electrons. The van der Waals surface area contributed by atoms with E-state index in [1.54, 1.807) is 30.2 Å². The van der Waals surface area contributed by atoms with E-state index in [1.807, 2.05) is 58.0 Å². The van der Waals surface area contributed by atoms with Gasteiger partial charge < -0.3 is 18.9 Å². The van der Waals surface area contributed by atoms with Crippen LogP contribution in [0.1, 0.15) is 70.2 Å². The van der Waals surface area contributed by atoms with Crippen LogP contribution in [-0.4, -0.2) is 58.4 Å². The highest BCUT2D eigenvalue weighted by Gasteiger charge is 2.27. The number of hydrogen-bond acceptors (Lipinski definition) is 7. The van der Waals surface area contributed by atoms with Crippen molar-refractivity contribution in [3.63, 3.8) is 0 Å². The minimum Gasteiger partial charge on any atom is -0.496 e. The van der Waals surface area contributed by atoms with Crippen LogP contribution in [0.3, 0.4) is 0 Å². The van der Waals surface area contributed by atoms with Crippen molar-refractivity contribution < 1.29 is 18.7 Å². The second-order valence-corrected chi connectivity index (χ2v) is 12.2. The second-order valence-electron chi connectivity index (χ2n) is 12.2. The summed E-state index contributed by atoms with van der Waals surface area (Å²) in [6.07, 6.45) is 5.94. The summed E-state index contributed by atoms with van der Waals surface area (Å²) in [4.78, 5) is 39.7. The fourth-order valence-corrected chi connectivity index (χ4v) is 5.01. The van der Waals surface area contributed by atoms with E-state index in [0.717, 1.165) is 24.5 Å². The molecule has 1 aliphatic rings. The number of piperidine rings is 1. The molecule has 4 rings (SSSR count). The molecule has 0 bridgehead atoms. The number of halogens is 1. The largest absolute Gasteiger partial charge is 0.496 e. The standard InChI is InChI=1S/C35H39FN6O4/c1-23(45-22-25-11-14-41(15-12-25)34(44)46-35(3,4)5)20-40-32(38-6)28-9-7-8-27(17-28)24(2)42-21-29(18-30(36)33(42)43)31-16-26(19-37)10-13-39-31/h7-10,13,16-18,20-21,24-25H,6,11-12,14-15,22H2,1-5H3/b23-20+,40-32-/t24-/m1/s1. The number of nitrogens with zero attached hydrogens (tertiary/aromatic N) is 6. The average molecular weight is 627 g/mol. The Labute approximate surface area is 268 Å². The van der Waals surface area contributed by atoms with Crippen LogP contribution < -0.4 is 5.56 Å². The van der Waals surface area contributed by atoms with Gasteiger partial charge in [-0.2, -0.15) is 5.26 Å². The first-order valence-corrected chi connectivity index (χ1v) is 15.1. The topological polar surface area (TPSA) is 122 Å². The van der Waals surface area contributed by atoms with Crippen molar-refractivity contribution in [1.82, 2.24) is 14.5 Å². The van der Waals surface area contributed by atoms with Crippen molar-refractivity contribution in [1.29, 1.82) is 5.26 Å². The Hall–Kier alpha value is -5.11. The predicted molar refractivity (Wildman–Crippen MR) is 175 cm³/mol. The number of aromatic nitrogens is 2. The van der Waals surface area contributed by atoms with Crippen LogP contribution in [0.25, 0.3) is 11.3 Å². The van der Waals surface area contributed by atoms with Crippen LogP contribution >= 0.6 is 0 Å². The number of hydrogen-bond donors (Lipinski definition) is 0. The molecule has 1 fully saturated rings. The van der Waals surface area contributed by atoms with Crippen molar-refractivity contribution in [2.45, 2.75) is 59.1 Å². The van der Waals surface area contributed by atoms with E-state index in [2.05, 4.69) is 21.7 Å². The third-order valence-electron chi connectivity index (χ3n) is 7.56. The molecule has 46 heavy (non-hydrogen) atoms. The predicted octanol–water partition coefficient (Wildman–Crippen LogP) is 6.50. The minimum absolute atomic E-state index is 0.285. The molecule has 3 aromatic rings. The molecule has 2 aromatic heterocycles. The number of ether oxygens (including phenoxy) is 2. The number of benzene rings is 1. The Morgan fingerprint density at radius 3 is 2.65 bits per heavy atom. The van der Waals surface area contributed by atoms with Gasteiger partial charge >= 0.3 is 6.09 Å². The summed E-state index contributed by atoms with van der Waals surface area (Å²) < 4.78 is 27.5. The van der Waals surface area contributed by atoms with Gasteiger partial charge in [-0.15, -0.1) is 0 Å². The molecule has 0 radical (unpaired) electrons. The second kappa shape index (κ2) is 14.8. The molecule has 0 aliphatic carbocycles. The number of allylic oxidation sites excluding steroid dienone is 1. The minimum atomic E-state index is -0.922. The number of amides is 1. The van der Waals surface area contributed by atoms with E-state index in [-0.39, 0.29) is 6.09 Å². The molecule has 1 aliphatic heterocycles. The molecule has 3 heterocycles. The van der Waals surface area contributed by atoms with Crippen molar-refractivity contribution in [2.75, 3.05) is 19.7 Å². The molecule has 11 heteroatoms. The van der Waals surface area contributed by atoms with Gasteiger partial charge in [-0.3, -0.25) is 9.78 Å². The number of likely N-dealkylation sites (tertiary alicyclic amines) is 1. The molecule has 0 unspecified atom stereocenters. The third kappa shape index (κ3) is 8.75. The van der Waals surface area contributed by atoms with Crippen LogP contribution in [0.15, 0.2) is 81.6 Å². The summed E-state index contributed by atoms with van der Waals surface area (Å²) in [5.74, 6) is 0.341. The zero-order valence-corrected chi connectivity index (χ0v) is 26.9. The first-order valence-electron chi connectivity index (χ1n) is 15.1. The van der Waals surface area contributed by atoms with E-state index in [0.29, 0.717) is 59.6 Å². The summed E-state index contributed by atoms with van der Waals surface area (Å²) in [5, 5.41) is 9.24. The first kappa shape index (κ1) is 33.8. The van der Waals surface area contributed by atoms with Crippen molar-refractivity contribution in [3.05, 3.63) is 99.7 Å². The van der Waals surface area contributed by atoms with Gasteiger partial charge in [0.05, 0.1) is 36.2 Å². The van der Waals surface area contributed by atoms with E-state index >= 15 is 0 Å². The van der Waals surface area contributed by atoms with Crippen molar-refractivity contribution >= 4 is 18.6 Å². The van der Waals surface area contributed by atoms with Crippen molar-refractivity contribution in [3.8, 4) is 17.3 Å². The van der Waals surface area contributed by atoms with Gasteiger partial charge in [0.2, 0.25) is 0 Å². The number of aliphatic imine (C=N–C) groups is 2. The van der Waals surface area contributed by atoms with Crippen LogP contribution in [0, 0.1) is 23.1 Å². The van der Waals surface area contributed by atoms with E-state index in [1.165, 1.54) is 17.0 Å². The molecule has 0 saturated carbocycles. The van der Waals surface area contributed by atoms with Crippen LogP contribution in [-0.2, 0) is 9.47 Å². The number of pyridine rings is 2. The molecule has 1 aromatic carbocycles. The van der Waals surface area contributed by atoms with Gasteiger partial charge in [-0.05, 0) is 89.9 Å². The van der Waals surface area contributed by atoms with Gasteiger partial charge in [-0.25, -0.2) is 19.2 Å². The van der Waals surface area contributed by atoms with E-state index in [4.69, 9.17) is 9.47 Å². The molecule has 0 N–H and O–H groups in total. The zero-order valence-electron chi connectivity index (χ0n) is 26.9. The summed E-state index contributed by atoms with van der Waals surface area (Å²) in [6.45, 7) is 14.6. The van der Waals surface area contributed by atoms with Crippen LogP contribution in [0.2, 0.25) is 0 Å². The summed E-state index contributed by atoms with van der Waals surface area (Å²) >= 11 is 0. The van der Waals surface area contributed by atoms with E-state index < -0.39 is 23.0 Å². The number of carbonyl (C=O) groups is 1. The smallest absolute Gasteiger partial charge is 0.410 e. The maximum atomic E-state index is 14.8. The lowest BCUT2D eigenvalue weighted by atomic mass is 9.98. The summed E-state index contributed by atoms with van der Waals surface area (Å²) in [6, 6.07) is 13.0. The van der Waals surface area contributed by atoms with Gasteiger partial charge in [0.1, 0.15) is 11.4 Å². The fraction of sp³-hybridized carbons (Fsp3) is 0.371. The lowest BCUT2D eigenvalue weighted by Gasteiger charge is -2.33. The Kier molecular flexibility index (Phi) is 10.9. The normalized spacial score (nSPS) is 15.2. The average Bonchev–Trinajstić information content (AvgIpc) is 3.04. The lowest BCUT2D eigenvalue weighted by Crippen LogP contribution is -2.42. The first-order chi connectivity index (χ1) is 21.9. The number of rotatable bonds is 8. The molecule has 10 nitrogen and oxygen atoms in total. The third-order valence-corrected chi connectivity index (χ3v) is 7.56. The number of amidine groups is 1. The Bertz CT molecular complexity index is 1740. The molecule has 0 spiro atoms. The maximum Gasteiger partial charge on any atom is 0.410 e. The highest BCUT2D eigenvalue weighted by molar-refractivity contribution is 6.01. The Morgan fingerprint density at radius 2 is 1.98 bits per heavy atom. The lowest BCUT2D eigenvalue weighted by molar-refractivity contribution is 0.0148. The Balaban J connectivity index is 1.44. The highest BCUT2D eigenvalue weighted by atomic mass is 19.1. The maximum absolute atomic E-state index is 14.8. The quantitative estimate of drug-likeness (QED) is 0.160. The molecule has 1 atom stereocenters. The molecular weight excluding hydrogens is 587 g/mol. The monoisotopic (exact) mass is 626 g/mol. The van der Waals surface area contributed by atoms with Crippen molar-refractivity contribution in [2.24, 2.45) is 15.9 Å². The number of nitriles is 1. The number of carbonyl (C=O) groups excluding carboxylic acids is 1. The van der Waals surface area contributed by atoms with Gasteiger partial charge in [0, 0.05) is 36.6 Å². The van der Waals surface area contributed by atoms with Gasteiger partial charge in [0.15, 0.2) is 11.7 Å². The Morgan fingerprint density at radius 1 is 1.24 bits per heavy atom. The van der Waals surface area contributed by atoms with Crippen LogP contribution in [0.4, 0.5) is 9.18 Å². The summed E-state index contributed by atoms with van der Waals surface area (Å²) in [7, 11) is 0. The van der Waals surface area contributed by atoms with Gasteiger partial charge in [-0.1, -0.05) is 18.2 Å². The van der Waals surface area contributed by atoms with Crippen LogP contribution in [0.5, 0.6) is 0 Å². The molecule has 1 amide bonds.